The molecule has 1 aromatic rings. The third kappa shape index (κ3) is 1.45. The monoisotopic (exact) mass is 224 g/mol. The number of likely N-dealkylation sites (tertiary alicyclic amines) is 1. The number of rotatable bonds is 1. The number of hydrogen-bond acceptors (Lipinski definition) is 4. The normalized spacial score (nSPS) is 22.5. The first-order valence-electron chi connectivity index (χ1n) is 5.37. The summed E-state index contributed by atoms with van der Waals surface area (Å²) in [4.78, 5) is 2.31. The lowest BCUT2D eigenvalue weighted by Gasteiger charge is -2.37. The van der Waals surface area contributed by atoms with E-state index in [1.54, 1.807) is 0 Å². The molecule has 0 atom stereocenters. The highest BCUT2D eigenvalue weighted by Crippen LogP contribution is 2.32. The van der Waals surface area contributed by atoms with Crippen molar-refractivity contribution in [1.82, 2.24) is 14.7 Å². The minimum atomic E-state index is 0.555. The Balaban J connectivity index is 1.94. The summed E-state index contributed by atoms with van der Waals surface area (Å²) in [6.45, 7) is 2.22. The predicted octanol–water partition coefficient (Wildman–Crippen LogP) is 0.741. The van der Waals surface area contributed by atoms with E-state index < -0.39 is 0 Å². The number of hydrogen-bond donors (Lipinski definition) is 1. The Labute approximate surface area is 93.8 Å². The summed E-state index contributed by atoms with van der Waals surface area (Å²) in [5.41, 5.74) is 8.64. The van der Waals surface area contributed by atoms with Crippen LogP contribution < -0.4 is 5.73 Å². The standard InChI is InChI=1S/C10H16N4S/c1-13-4-7(5-13)14-9-6-15-3-2-8(9)10(11)12-14/h7H,2-6H2,1H3,(H2,11,12). The average Bonchev–Trinajstić information content (AvgIpc) is 2.52. The summed E-state index contributed by atoms with van der Waals surface area (Å²) in [5, 5.41) is 4.50. The molecule has 1 aromatic heterocycles. The minimum absolute atomic E-state index is 0.555. The molecule has 0 aliphatic carbocycles. The highest BCUT2D eigenvalue weighted by molar-refractivity contribution is 7.98. The summed E-state index contributed by atoms with van der Waals surface area (Å²) in [5.74, 6) is 3.03. The van der Waals surface area contributed by atoms with Gasteiger partial charge in [-0.15, -0.1) is 0 Å². The predicted molar refractivity (Wildman–Crippen MR) is 63.0 cm³/mol. The number of nitrogens with two attached hydrogens (primary N) is 1. The third-order valence-electron chi connectivity index (χ3n) is 3.28. The van der Waals surface area contributed by atoms with Gasteiger partial charge >= 0.3 is 0 Å². The Hall–Kier alpha value is -0.680. The second kappa shape index (κ2) is 3.42. The molecular formula is C10H16N4S. The van der Waals surface area contributed by atoms with E-state index in [2.05, 4.69) is 21.7 Å². The number of likely N-dealkylation sites (N-methyl/N-ethyl adjacent to an activating group) is 1. The molecule has 15 heavy (non-hydrogen) atoms. The van der Waals surface area contributed by atoms with Crippen LogP contribution in [0.4, 0.5) is 5.82 Å². The van der Waals surface area contributed by atoms with Crippen LogP contribution >= 0.6 is 11.8 Å². The minimum Gasteiger partial charge on any atom is -0.382 e. The fraction of sp³-hybridized carbons (Fsp3) is 0.700. The highest BCUT2D eigenvalue weighted by Gasteiger charge is 2.30. The maximum atomic E-state index is 5.96. The summed E-state index contributed by atoms with van der Waals surface area (Å²) < 4.78 is 2.18. The lowest BCUT2D eigenvalue weighted by molar-refractivity contribution is 0.129. The lowest BCUT2D eigenvalue weighted by Crippen LogP contribution is -2.45. The number of anilines is 1. The zero-order valence-corrected chi connectivity index (χ0v) is 9.76. The van der Waals surface area contributed by atoms with E-state index in [0.717, 1.165) is 31.1 Å². The Kier molecular flexibility index (Phi) is 2.17. The Morgan fingerprint density at radius 1 is 1.47 bits per heavy atom. The molecule has 5 heteroatoms. The maximum absolute atomic E-state index is 5.96. The van der Waals surface area contributed by atoms with Gasteiger partial charge in [0.2, 0.25) is 0 Å². The van der Waals surface area contributed by atoms with E-state index in [4.69, 9.17) is 5.73 Å². The van der Waals surface area contributed by atoms with Crippen LogP contribution in [0.25, 0.3) is 0 Å². The van der Waals surface area contributed by atoms with Gasteiger partial charge in [-0.2, -0.15) is 16.9 Å². The quantitative estimate of drug-likeness (QED) is 0.764. The molecule has 1 saturated heterocycles. The van der Waals surface area contributed by atoms with Crippen LogP contribution in [0.15, 0.2) is 0 Å². The number of nitrogens with zero attached hydrogens (tertiary/aromatic N) is 3. The van der Waals surface area contributed by atoms with E-state index in [9.17, 15) is 0 Å². The number of nitrogen functional groups attached to an aromatic ring is 1. The first-order valence-corrected chi connectivity index (χ1v) is 6.53. The van der Waals surface area contributed by atoms with Crippen LogP contribution in [0.3, 0.4) is 0 Å². The van der Waals surface area contributed by atoms with Crippen molar-refractivity contribution < 1.29 is 0 Å². The van der Waals surface area contributed by atoms with Crippen LogP contribution in [0, 0.1) is 0 Å². The van der Waals surface area contributed by atoms with Crippen LogP contribution in [0.5, 0.6) is 0 Å². The molecular weight excluding hydrogens is 208 g/mol. The second-order valence-electron chi connectivity index (χ2n) is 4.43. The number of thioether (sulfide) groups is 1. The summed E-state index contributed by atoms with van der Waals surface area (Å²) in [6.07, 6.45) is 1.09. The smallest absolute Gasteiger partial charge is 0.148 e. The fourth-order valence-corrected chi connectivity index (χ4v) is 3.41. The molecule has 0 spiro atoms. The van der Waals surface area contributed by atoms with E-state index in [1.807, 2.05) is 11.8 Å². The molecule has 0 bridgehead atoms. The second-order valence-corrected chi connectivity index (χ2v) is 5.54. The van der Waals surface area contributed by atoms with Gasteiger partial charge in [0.25, 0.3) is 0 Å². The maximum Gasteiger partial charge on any atom is 0.148 e. The van der Waals surface area contributed by atoms with Gasteiger partial charge in [0.15, 0.2) is 0 Å². The largest absolute Gasteiger partial charge is 0.382 e. The molecule has 0 aromatic carbocycles. The van der Waals surface area contributed by atoms with Gasteiger partial charge in [-0.05, 0) is 19.2 Å². The SMILES string of the molecule is CN1CC(n2nc(N)c3c2CSCC3)C1. The van der Waals surface area contributed by atoms with Crippen molar-refractivity contribution in [3.8, 4) is 0 Å². The van der Waals surface area contributed by atoms with Gasteiger partial charge in [0.1, 0.15) is 5.82 Å². The molecule has 0 radical (unpaired) electrons. The molecule has 1 fully saturated rings. The zero-order chi connectivity index (χ0) is 10.4. The van der Waals surface area contributed by atoms with Crippen LogP contribution in [-0.2, 0) is 12.2 Å². The van der Waals surface area contributed by atoms with E-state index in [-0.39, 0.29) is 0 Å². The molecule has 82 valence electrons. The van der Waals surface area contributed by atoms with Crippen LogP contribution in [0.2, 0.25) is 0 Å². The molecule has 3 rings (SSSR count). The van der Waals surface area contributed by atoms with Gasteiger partial charge < -0.3 is 10.6 Å². The van der Waals surface area contributed by atoms with Gasteiger partial charge in [-0.25, -0.2) is 0 Å². The van der Waals surface area contributed by atoms with E-state index in [1.165, 1.54) is 17.0 Å². The van der Waals surface area contributed by atoms with Crippen molar-refractivity contribution in [3.05, 3.63) is 11.3 Å². The molecule has 0 unspecified atom stereocenters. The molecule has 2 aliphatic rings. The Morgan fingerprint density at radius 3 is 3.00 bits per heavy atom. The van der Waals surface area contributed by atoms with E-state index in [0.29, 0.717) is 6.04 Å². The zero-order valence-electron chi connectivity index (χ0n) is 8.94. The topological polar surface area (TPSA) is 47.1 Å². The van der Waals surface area contributed by atoms with Crippen LogP contribution in [-0.4, -0.2) is 40.6 Å². The van der Waals surface area contributed by atoms with Crippen molar-refractivity contribution >= 4 is 17.6 Å². The summed E-state index contributed by atoms with van der Waals surface area (Å²) in [6, 6.07) is 0.555. The first kappa shape index (κ1) is 9.54. The van der Waals surface area contributed by atoms with Crippen molar-refractivity contribution in [2.75, 3.05) is 31.6 Å². The van der Waals surface area contributed by atoms with Crippen molar-refractivity contribution in [3.63, 3.8) is 0 Å². The van der Waals surface area contributed by atoms with Gasteiger partial charge in [0.05, 0.1) is 11.7 Å². The molecule has 2 N–H and O–H groups in total. The lowest BCUT2D eigenvalue weighted by atomic mass is 10.1. The first-order chi connectivity index (χ1) is 7.25. The molecule has 3 heterocycles. The van der Waals surface area contributed by atoms with Gasteiger partial charge in [0, 0.05) is 24.4 Å². The molecule has 0 saturated carbocycles. The summed E-state index contributed by atoms with van der Waals surface area (Å²) >= 11 is 1.99. The third-order valence-corrected chi connectivity index (χ3v) is 4.25. The van der Waals surface area contributed by atoms with E-state index >= 15 is 0 Å². The van der Waals surface area contributed by atoms with Crippen molar-refractivity contribution in [1.29, 1.82) is 0 Å². The number of fused-ring (bicyclic) bond motifs is 1. The Morgan fingerprint density at radius 2 is 2.27 bits per heavy atom. The van der Waals surface area contributed by atoms with Crippen molar-refractivity contribution in [2.45, 2.75) is 18.2 Å². The summed E-state index contributed by atoms with van der Waals surface area (Å²) in [7, 11) is 2.14. The Bertz CT molecular complexity index is 381. The molecule has 4 nitrogen and oxygen atoms in total. The number of aromatic nitrogens is 2. The van der Waals surface area contributed by atoms with Gasteiger partial charge in [-0.3, -0.25) is 4.68 Å². The van der Waals surface area contributed by atoms with Gasteiger partial charge in [-0.1, -0.05) is 0 Å². The molecule has 2 aliphatic heterocycles. The fourth-order valence-electron chi connectivity index (χ4n) is 2.41. The van der Waals surface area contributed by atoms with Crippen LogP contribution in [0.1, 0.15) is 17.3 Å². The molecule has 0 amide bonds. The highest BCUT2D eigenvalue weighted by atomic mass is 32.2. The average molecular weight is 224 g/mol. The van der Waals surface area contributed by atoms with Crippen molar-refractivity contribution in [2.24, 2.45) is 0 Å².